The van der Waals surface area contributed by atoms with E-state index in [0.29, 0.717) is 30.2 Å². The summed E-state index contributed by atoms with van der Waals surface area (Å²) in [4.78, 5) is 17.4. The third-order valence-corrected chi connectivity index (χ3v) is 4.34. The molecule has 1 aromatic heterocycles. The van der Waals surface area contributed by atoms with Crippen LogP contribution in [0.25, 0.3) is 10.9 Å². The lowest BCUT2D eigenvalue weighted by Crippen LogP contribution is -2.41. The number of hydrogen-bond acceptors (Lipinski definition) is 3. The largest absolute Gasteiger partial charge is 0.396 e. The van der Waals surface area contributed by atoms with E-state index in [-0.39, 0.29) is 12.2 Å². The Bertz CT molecular complexity index is 786. The van der Waals surface area contributed by atoms with Gasteiger partial charge in [-0.25, -0.2) is 0 Å². The van der Waals surface area contributed by atoms with E-state index in [1.165, 1.54) is 5.56 Å². The maximum Gasteiger partial charge on any atom is 0.253 e. The second-order valence-corrected chi connectivity index (χ2v) is 6.39. The summed E-state index contributed by atoms with van der Waals surface area (Å²) in [6, 6.07) is 6.07. The fourth-order valence-electron chi connectivity index (χ4n) is 2.83. The predicted molar refractivity (Wildman–Crippen MR) is 102 cm³/mol. The maximum atomic E-state index is 12.5. The fraction of sp³-hybridized carbons (Fsp3) is 0.444. The van der Waals surface area contributed by atoms with Crippen molar-refractivity contribution in [1.29, 1.82) is 0 Å². The lowest BCUT2D eigenvalue weighted by molar-refractivity contribution is 0.264. The summed E-state index contributed by atoms with van der Waals surface area (Å²) in [5.74, 6) is 0. The lowest BCUT2D eigenvalue weighted by atomic mass is 10.1. The standard InChI is InChI=1S/C18H25N3O2S/c1-4-19-18(24)21(6-5-7-22)11-15-10-14-9-12(2)8-13(3)16(14)20-17(15)23/h8-10,22H,4-7,11H2,1-3H3,(H,19,24)(H,20,23). The summed E-state index contributed by atoms with van der Waals surface area (Å²) in [6.45, 7) is 7.87. The molecule has 0 amide bonds. The van der Waals surface area contributed by atoms with Crippen LogP contribution >= 0.6 is 12.2 Å². The van der Waals surface area contributed by atoms with Crippen LogP contribution in [0.4, 0.5) is 0 Å². The molecule has 2 aromatic rings. The zero-order valence-corrected chi connectivity index (χ0v) is 15.3. The van der Waals surface area contributed by atoms with Crippen molar-refractivity contribution in [3.63, 3.8) is 0 Å². The summed E-state index contributed by atoms with van der Waals surface area (Å²) in [7, 11) is 0. The molecule has 3 N–H and O–H groups in total. The first-order valence-electron chi connectivity index (χ1n) is 8.23. The normalized spacial score (nSPS) is 10.8. The number of aromatic amines is 1. The minimum absolute atomic E-state index is 0.0947. The molecule has 1 aromatic carbocycles. The number of nitrogens with zero attached hydrogens (tertiary/aromatic N) is 1. The molecule has 0 radical (unpaired) electrons. The Morgan fingerprint density at radius 1 is 1.33 bits per heavy atom. The van der Waals surface area contributed by atoms with Crippen LogP contribution in [0.15, 0.2) is 23.0 Å². The van der Waals surface area contributed by atoms with Crippen LogP contribution < -0.4 is 10.9 Å². The number of aromatic nitrogens is 1. The number of nitrogens with one attached hydrogen (secondary N) is 2. The molecular weight excluding hydrogens is 322 g/mol. The van der Waals surface area contributed by atoms with Crippen molar-refractivity contribution in [2.75, 3.05) is 19.7 Å². The number of thiocarbonyl (C=S) groups is 1. The van der Waals surface area contributed by atoms with Gasteiger partial charge in [0.05, 0.1) is 12.1 Å². The first-order chi connectivity index (χ1) is 11.5. The van der Waals surface area contributed by atoms with Crippen LogP contribution in [-0.4, -0.2) is 39.8 Å². The molecule has 1 heterocycles. The summed E-state index contributed by atoms with van der Waals surface area (Å²) < 4.78 is 0. The number of hydrogen-bond donors (Lipinski definition) is 3. The van der Waals surface area contributed by atoms with Gasteiger partial charge in [-0.2, -0.15) is 0 Å². The summed E-state index contributed by atoms with van der Waals surface area (Å²) in [5.41, 5.74) is 3.69. The third kappa shape index (κ3) is 4.33. The van der Waals surface area contributed by atoms with Gasteiger partial charge in [-0.1, -0.05) is 11.6 Å². The van der Waals surface area contributed by atoms with Crippen LogP contribution in [-0.2, 0) is 6.54 Å². The molecular formula is C18H25N3O2S. The Morgan fingerprint density at radius 3 is 2.75 bits per heavy atom. The van der Waals surface area contributed by atoms with Gasteiger partial charge in [0.15, 0.2) is 5.11 Å². The molecule has 130 valence electrons. The van der Waals surface area contributed by atoms with Crippen molar-refractivity contribution in [3.8, 4) is 0 Å². The van der Waals surface area contributed by atoms with Crippen LogP contribution in [0.3, 0.4) is 0 Å². The van der Waals surface area contributed by atoms with Crippen molar-refractivity contribution in [2.24, 2.45) is 0 Å². The van der Waals surface area contributed by atoms with E-state index in [9.17, 15) is 4.79 Å². The minimum atomic E-state index is -0.0947. The van der Waals surface area contributed by atoms with Crippen molar-refractivity contribution in [2.45, 2.75) is 33.7 Å². The van der Waals surface area contributed by atoms with Crippen molar-refractivity contribution in [3.05, 3.63) is 45.2 Å². The molecule has 6 heteroatoms. The lowest BCUT2D eigenvalue weighted by Gasteiger charge is -2.25. The molecule has 5 nitrogen and oxygen atoms in total. The third-order valence-electron chi connectivity index (χ3n) is 3.93. The van der Waals surface area contributed by atoms with Gasteiger partial charge in [-0.3, -0.25) is 4.79 Å². The van der Waals surface area contributed by atoms with Crippen LogP contribution in [0.5, 0.6) is 0 Å². The highest BCUT2D eigenvalue weighted by Crippen LogP contribution is 2.18. The average Bonchev–Trinajstić information content (AvgIpc) is 2.52. The highest BCUT2D eigenvalue weighted by molar-refractivity contribution is 7.80. The van der Waals surface area contributed by atoms with Gasteiger partial charge in [-0.05, 0) is 62.5 Å². The van der Waals surface area contributed by atoms with E-state index in [4.69, 9.17) is 17.3 Å². The van der Waals surface area contributed by atoms with Gasteiger partial charge in [0.25, 0.3) is 5.56 Å². The molecule has 0 aliphatic carbocycles. The number of rotatable bonds is 6. The summed E-state index contributed by atoms with van der Waals surface area (Å²) >= 11 is 5.39. The molecule has 2 rings (SSSR count). The molecule has 0 aliphatic rings. The van der Waals surface area contributed by atoms with E-state index in [1.807, 2.05) is 31.7 Å². The highest BCUT2D eigenvalue weighted by atomic mass is 32.1. The summed E-state index contributed by atoms with van der Waals surface area (Å²) in [5, 5.41) is 13.8. The summed E-state index contributed by atoms with van der Waals surface area (Å²) in [6.07, 6.45) is 0.606. The first kappa shape index (κ1) is 18.4. The van der Waals surface area contributed by atoms with E-state index in [2.05, 4.69) is 22.4 Å². The van der Waals surface area contributed by atoms with E-state index < -0.39 is 0 Å². The fourth-order valence-corrected chi connectivity index (χ4v) is 3.13. The van der Waals surface area contributed by atoms with E-state index in [0.717, 1.165) is 23.0 Å². The Balaban J connectivity index is 2.36. The Hall–Kier alpha value is -1.92. The number of H-pyrrole nitrogens is 1. The van der Waals surface area contributed by atoms with Crippen LogP contribution in [0, 0.1) is 13.8 Å². The topological polar surface area (TPSA) is 68.4 Å². The molecule has 0 spiro atoms. The number of benzene rings is 1. The molecule has 0 atom stereocenters. The van der Waals surface area contributed by atoms with Gasteiger partial charge < -0.3 is 20.3 Å². The van der Waals surface area contributed by atoms with Crippen molar-refractivity contribution in [1.82, 2.24) is 15.2 Å². The highest BCUT2D eigenvalue weighted by Gasteiger charge is 2.13. The van der Waals surface area contributed by atoms with Crippen LogP contribution in [0.2, 0.25) is 0 Å². The molecule has 24 heavy (non-hydrogen) atoms. The Morgan fingerprint density at radius 2 is 2.08 bits per heavy atom. The zero-order valence-electron chi connectivity index (χ0n) is 14.5. The predicted octanol–water partition coefficient (Wildman–Crippen LogP) is 2.22. The number of aliphatic hydroxyl groups is 1. The van der Waals surface area contributed by atoms with Gasteiger partial charge in [-0.15, -0.1) is 0 Å². The number of aryl methyl sites for hydroxylation is 2. The average molecular weight is 347 g/mol. The van der Waals surface area contributed by atoms with Crippen molar-refractivity contribution < 1.29 is 5.11 Å². The first-order valence-corrected chi connectivity index (χ1v) is 8.64. The van der Waals surface area contributed by atoms with Gasteiger partial charge in [0.1, 0.15) is 0 Å². The smallest absolute Gasteiger partial charge is 0.253 e. The minimum Gasteiger partial charge on any atom is -0.396 e. The van der Waals surface area contributed by atoms with E-state index in [1.54, 1.807) is 0 Å². The zero-order chi connectivity index (χ0) is 17.7. The second-order valence-electron chi connectivity index (χ2n) is 6.00. The monoisotopic (exact) mass is 347 g/mol. The quantitative estimate of drug-likeness (QED) is 0.699. The number of aliphatic hydroxyl groups excluding tert-OH is 1. The second kappa shape index (κ2) is 8.26. The number of fused-ring (bicyclic) bond motifs is 1. The number of pyridine rings is 1. The van der Waals surface area contributed by atoms with Gasteiger partial charge in [0.2, 0.25) is 0 Å². The van der Waals surface area contributed by atoms with Crippen molar-refractivity contribution >= 4 is 28.2 Å². The maximum absolute atomic E-state index is 12.5. The van der Waals surface area contributed by atoms with Gasteiger partial charge >= 0.3 is 0 Å². The Kier molecular flexibility index (Phi) is 6.34. The van der Waals surface area contributed by atoms with Crippen LogP contribution in [0.1, 0.15) is 30.0 Å². The Labute approximate surface area is 147 Å². The molecule has 0 bridgehead atoms. The van der Waals surface area contributed by atoms with Gasteiger partial charge in [0, 0.05) is 25.3 Å². The molecule has 0 fully saturated rings. The SMILES string of the molecule is CCNC(=S)N(CCCO)Cc1cc2cc(C)cc(C)c2[nH]c1=O. The molecule has 0 unspecified atom stereocenters. The van der Waals surface area contributed by atoms with E-state index >= 15 is 0 Å². The molecule has 0 saturated heterocycles. The molecule has 0 aliphatic heterocycles. The molecule has 0 saturated carbocycles.